The van der Waals surface area contributed by atoms with Gasteiger partial charge < -0.3 is 15.4 Å². The Kier molecular flexibility index (Phi) is 3.20. The van der Waals surface area contributed by atoms with Gasteiger partial charge in [-0.2, -0.15) is 0 Å². The van der Waals surface area contributed by atoms with E-state index in [2.05, 4.69) is 31.2 Å². The number of β-amino-alcohol motifs (C(OH)–C–C–N with tert-alkyl or cyclic N) is 1. The molecule has 2 atom stereocenters. The SMILES string of the molecule is OC1CNC(c2ncc(-c3ccc(Br)cc3)[nH]2)C1. The number of aromatic amines is 1. The van der Waals surface area contributed by atoms with Crippen LogP contribution in [0.2, 0.25) is 0 Å². The molecular weight excluding hydrogens is 294 g/mol. The van der Waals surface area contributed by atoms with E-state index < -0.39 is 0 Å². The third-order valence-electron chi connectivity index (χ3n) is 3.19. The summed E-state index contributed by atoms with van der Waals surface area (Å²) in [4.78, 5) is 7.70. The number of aromatic nitrogens is 2. The van der Waals surface area contributed by atoms with Gasteiger partial charge in [-0.15, -0.1) is 0 Å². The molecule has 0 saturated carbocycles. The van der Waals surface area contributed by atoms with Crippen molar-refractivity contribution in [2.24, 2.45) is 0 Å². The first-order chi connectivity index (χ1) is 8.72. The molecule has 3 rings (SSSR count). The Labute approximate surface area is 114 Å². The van der Waals surface area contributed by atoms with E-state index in [1.54, 1.807) is 0 Å². The van der Waals surface area contributed by atoms with Crippen LogP contribution in [0.1, 0.15) is 18.3 Å². The number of aliphatic hydroxyl groups excluding tert-OH is 1. The maximum atomic E-state index is 9.51. The standard InChI is InChI=1S/C13H14BrN3O/c14-9-3-1-8(2-4-9)12-7-16-13(17-12)11-5-10(18)6-15-11/h1-4,7,10-11,15,18H,5-6H2,(H,16,17). The molecule has 1 saturated heterocycles. The predicted molar refractivity (Wildman–Crippen MR) is 73.1 cm³/mol. The minimum Gasteiger partial charge on any atom is -0.392 e. The summed E-state index contributed by atoms with van der Waals surface area (Å²) in [5, 5.41) is 12.8. The molecule has 18 heavy (non-hydrogen) atoms. The molecule has 1 aliphatic rings. The normalized spacial score (nSPS) is 23.4. The van der Waals surface area contributed by atoms with E-state index in [1.807, 2.05) is 30.5 Å². The molecule has 2 aromatic rings. The average Bonchev–Trinajstić information content (AvgIpc) is 2.98. The second kappa shape index (κ2) is 4.84. The Morgan fingerprint density at radius 2 is 2.06 bits per heavy atom. The minimum absolute atomic E-state index is 0.129. The molecule has 5 heteroatoms. The van der Waals surface area contributed by atoms with Crippen LogP contribution in [0.3, 0.4) is 0 Å². The van der Waals surface area contributed by atoms with Gasteiger partial charge in [-0.1, -0.05) is 28.1 Å². The van der Waals surface area contributed by atoms with E-state index in [0.717, 1.165) is 21.6 Å². The monoisotopic (exact) mass is 307 g/mol. The quantitative estimate of drug-likeness (QED) is 0.797. The molecule has 0 bridgehead atoms. The maximum Gasteiger partial charge on any atom is 0.123 e. The van der Waals surface area contributed by atoms with Crippen molar-refractivity contribution in [2.75, 3.05) is 6.54 Å². The summed E-state index contributed by atoms with van der Waals surface area (Å²) in [6.07, 6.45) is 2.29. The summed E-state index contributed by atoms with van der Waals surface area (Å²) in [6.45, 7) is 0.638. The zero-order chi connectivity index (χ0) is 12.5. The Morgan fingerprint density at radius 1 is 1.28 bits per heavy atom. The lowest BCUT2D eigenvalue weighted by Gasteiger charge is -2.05. The molecule has 2 unspecified atom stereocenters. The Hall–Kier alpha value is -1.17. The Morgan fingerprint density at radius 3 is 2.72 bits per heavy atom. The molecular formula is C13H14BrN3O. The third kappa shape index (κ3) is 2.34. The highest BCUT2D eigenvalue weighted by Crippen LogP contribution is 2.25. The second-order valence-electron chi connectivity index (χ2n) is 4.54. The van der Waals surface area contributed by atoms with Gasteiger partial charge in [0.25, 0.3) is 0 Å². The number of hydrogen-bond donors (Lipinski definition) is 3. The third-order valence-corrected chi connectivity index (χ3v) is 3.72. The van der Waals surface area contributed by atoms with Gasteiger partial charge in [0.1, 0.15) is 5.82 Å². The van der Waals surface area contributed by atoms with Gasteiger partial charge in [0.05, 0.1) is 24.0 Å². The van der Waals surface area contributed by atoms with Crippen molar-refractivity contribution in [1.82, 2.24) is 15.3 Å². The molecule has 1 aromatic carbocycles. The van der Waals surface area contributed by atoms with E-state index in [4.69, 9.17) is 0 Å². The van der Waals surface area contributed by atoms with E-state index in [1.165, 1.54) is 0 Å². The van der Waals surface area contributed by atoms with Crippen molar-refractivity contribution in [1.29, 1.82) is 0 Å². The van der Waals surface area contributed by atoms with Crippen LogP contribution in [0.15, 0.2) is 34.9 Å². The zero-order valence-electron chi connectivity index (χ0n) is 9.73. The summed E-state index contributed by atoms with van der Waals surface area (Å²) in [5.74, 6) is 0.893. The first-order valence-corrected chi connectivity index (χ1v) is 6.74. The number of H-pyrrole nitrogens is 1. The first-order valence-electron chi connectivity index (χ1n) is 5.94. The van der Waals surface area contributed by atoms with Crippen molar-refractivity contribution >= 4 is 15.9 Å². The van der Waals surface area contributed by atoms with E-state index >= 15 is 0 Å². The summed E-state index contributed by atoms with van der Waals surface area (Å²) >= 11 is 3.42. The van der Waals surface area contributed by atoms with Crippen molar-refractivity contribution < 1.29 is 5.11 Å². The summed E-state index contributed by atoms with van der Waals surface area (Å²) in [5.41, 5.74) is 2.11. The van der Waals surface area contributed by atoms with Gasteiger partial charge in [0.15, 0.2) is 0 Å². The van der Waals surface area contributed by atoms with E-state index in [0.29, 0.717) is 13.0 Å². The lowest BCUT2D eigenvalue weighted by Crippen LogP contribution is -2.15. The van der Waals surface area contributed by atoms with Crippen molar-refractivity contribution in [3.8, 4) is 11.3 Å². The minimum atomic E-state index is -0.267. The number of rotatable bonds is 2. The van der Waals surface area contributed by atoms with E-state index in [9.17, 15) is 5.11 Å². The molecule has 2 heterocycles. The average molecular weight is 308 g/mol. The maximum absolute atomic E-state index is 9.51. The molecule has 4 nitrogen and oxygen atoms in total. The highest BCUT2D eigenvalue weighted by Gasteiger charge is 2.25. The van der Waals surface area contributed by atoms with Gasteiger partial charge in [-0.05, 0) is 24.1 Å². The fraction of sp³-hybridized carbons (Fsp3) is 0.308. The van der Waals surface area contributed by atoms with Crippen molar-refractivity contribution in [3.63, 3.8) is 0 Å². The fourth-order valence-electron chi connectivity index (χ4n) is 2.22. The molecule has 94 valence electrons. The highest BCUT2D eigenvalue weighted by molar-refractivity contribution is 9.10. The lowest BCUT2D eigenvalue weighted by atomic mass is 10.2. The molecule has 0 spiro atoms. The number of imidazole rings is 1. The van der Waals surface area contributed by atoms with Gasteiger partial charge in [0.2, 0.25) is 0 Å². The number of hydrogen-bond acceptors (Lipinski definition) is 3. The highest BCUT2D eigenvalue weighted by atomic mass is 79.9. The molecule has 1 aromatic heterocycles. The fourth-order valence-corrected chi connectivity index (χ4v) is 2.48. The molecule has 1 aliphatic heterocycles. The van der Waals surface area contributed by atoms with Crippen molar-refractivity contribution in [3.05, 3.63) is 40.8 Å². The number of benzene rings is 1. The summed E-state index contributed by atoms with van der Waals surface area (Å²) in [7, 11) is 0. The lowest BCUT2D eigenvalue weighted by molar-refractivity contribution is 0.193. The molecule has 0 radical (unpaired) electrons. The van der Waals surface area contributed by atoms with Gasteiger partial charge in [-0.25, -0.2) is 4.98 Å². The zero-order valence-corrected chi connectivity index (χ0v) is 11.3. The van der Waals surface area contributed by atoms with Crippen LogP contribution in [0, 0.1) is 0 Å². The van der Waals surface area contributed by atoms with Crippen LogP contribution < -0.4 is 5.32 Å². The number of halogens is 1. The second-order valence-corrected chi connectivity index (χ2v) is 5.46. The molecule has 1 fully saturated rings. The van der Waals surface area contributed by atoms with Gasteiger partial charge in [-0.3, -0.25) is 0 Å². The predicted octanol–water partition coefficient (Wildman–Crippen LogP) is 2.23. The van der Waals surface area contributed by atoms with E-state index in [-0.39, 0.29) is 12.1 Å². The number of nitrogens with zero attached hydrogens (tertiary/aromatic N) is 1. The largest absolute Gasteiger partial charge is 0.392 e. The van der Waals surface area contributed by atoms with Gasteiger partial charge >= 0.3 is 0 Å². The number of aliphatic hydroxyl groups is 1. The van der Waals surface area contributed by atoms with Gasteiger partial charge in [0, 0.05) is 11.0 Å². The molecule has 0 amide bonds. The van der Waals surface area contributed by atoms with Crippen LogP contribution in [0.5, 0.6) is 0 Å². The van der Waals surface area contributed by atoms with Crippen molar-refractivity contribution in [2.45, 2.75) is 18.6 Å². The molecule has 0 aliphatic carbocycles. The Balaban J connectivity index is 1.83. The van der Waals surface area contributed by atoms with Crippen LogP contribution >= 0.6 is 15.9 Å². The van der Waals surface area contributed by atoms with Crippen LogP contribution in [-0.4, -0.2) is 27.7 Å². The van der Waals surface area contributed by atoms with Crippen LogP contribution in [-0.2, 0) is 0 Å². The number of nitrogens with one attached hydrogen (secondary N) is 2. The molecule has 3 N–H and O–H groups in total. The summed E-state index contributed by atoms with van der Waals surface area (Å²) < 4.78 is 1.06. The Bertz CT molecular complexity index is 537. The first kappa shape index (κ1) is 11.9. The van der Waals surface area contributed by atoms with Crippen LogP contribution in [0.4, 0.5) is 0 Å². The van der Waals surface area contributed by atoms with Crippen LogP contribution in [0.25, 0.3) is 11.3 Å². The summed E-state index contributed by atoms with van der Waals surface area (Å²) in [6, 6.07) is 8.22. The smallest absolute Gasteiger partial charge is 0.123 e. The topological polar surface area (TPSA) is 60.9 Å².